The van der Waals surface area contributed by atoms with Gasteiger partial charge in [0, 0.05) is 26.2 Å². The van der Waals surface area contributed by atoms with Crippen molar-refractivity contribution < 1.29 is 214 Å². The van der Waals surface area contributed by atoms with Crippen molar-refractivity contribution in [1.82, 2.24) is 8.61 Å². The molecule has 0 aliphatic carbocycles. The minimum absolute atomic E-state index is 0.236. The second-order valence-corrected chi connectivity index (χ2v) is 23.3. The molecule has 16 nitrogen and oxygen atoms in total. The number of halogens is 36. The number of rotatable bonds is 36. The molecular formula is C42H36Cl2F34N2O14S2. The lowest BCUT2D eigenvalue weighted by molar-refractivity contribution is -0.458. The van der Waals surface area contributed by atoms with Crippen LogP contribution in [0.3, 0.4) is 0 Å². The summed E-state index contributed by atoms with van der Waals surface area (Å²) in [5, 5.41) is 3.17. The summed E-state index contributed by atoms with van der Waals surface area (Å²) in [6.07, 6.45) is -22.6. The molecule has 0 heterocycles. The van der Waals surface area contributed by atoms with Crippen LogP contribution in [0.1, 0.15) is 68.1 Å². The van der Waals surface area contributed by atoms with Crippen molar-refractivity contribution in [3.05, 3.63) is 34.4 Å². The zero-order chi connectivity index (χ0) is 76.7. The molecule has 0 aliphatic heterocycles. The van der Waals surface area contributed by atoms with Gasteiger partial charge in [-0.15, -0.1) is 23.2 Å². The lowest BCUT2D eigenvalue weighted by Gasteiger charge is -2.43. The number of sulfonamides is 2. The molecular weight excluding hydrogens is 1540 g/mol. The van der Waals surface area contributed by atoms with Crippen LogP contribution in [0, 0.1) is 0 Å². The molecule has 0 saturated heterocycles. The zero-order valence-electron chi connectivity index (χ0n) is 45.9. The Bertz CT molecular complexity index is 2970. The van der Waals surface area contributed by atoms with Crippen LogP contribution in [0.4, 0.5) is 149 Å². The normalized spacial score (nSPS) is 15.6. The van der Waals surface area contributed by atoms with Gasteiger partial charge in [0.2, 0.25) is 0 Å². The number of alkyl halides is 36. The Morgan fingerprint density at radius 2 is 0.562 bits per heavy atom. The Labute approximate surface area is 521 Å². The lowest BCUT2D eigenvalue weighted by atomic mass is 9.91. The Balaban J connectivity index is 4.13. The number of carbonyl (C=O) groups excluding carboxylic acids is 4. The van der Waals surface area contributed by atoms with Gasteiger partial charge >= 0.3 is 118 Å². The van der Waals surface area contributed by atoms with Crippen LogP contribution >= 0.6 is 23.2 Å². The molecule has 0 fully saturated rings. The summed E-state index contributed by atoms with van der Waals surface area (Å²) in [4.78, 5) is 53.8. The third kappa shape index (κ3) is 14.9. The van der Waals surface area contributed by atoms with E-state index in [9.17, 15) is 178 Å². The predicted octanol–water partition coefficient (Wildman–Crippen LogP) is 11.5. The second-order valence-electron chi connectivity index (χ2n) is 18.8. The van der Waals surface area contributed by atoms with Gasteiger partial charge in [0.05, 0.1) is 34.0 Å². The first-order chi connectivity index (χ1) is 42.4. The van der Waals surface area contributed by atoms with Crippen LogP contribution in [0.15, 0.2) is 12.1 Å². The number of nitrogens with zero attached hydrogens (tertiary/aromatic N) is 2. The predicted molar refractivity (Wildman–Crippen MR) is 244 cm³/mol. The minimum Gasteiger partial charge on any atom is -0.461 e. The van der Waals surface area contributed by atoms with Crippen molar-refractivity contribution in [2.45, 2.75) is 133 Å². The third-order valence-corrected chi connectivity index (χ3v) is 16.6. The van der Waals surface area contributed by atoms with Gasteiger partial charge in [-0.3, -0.25) is 0 Å². The smallest absolute Gasteiger partial charge is 0.460 e. The molecule has 0 aliphatic rings. The molecule has 0 bridgehead atoms. The third-order valence-electron chi connectivity index (χ3n) is 12.0. The fraction of sp³-hybridized carbons (Fsp3) is 0.762. The fourth-order valence-electron chi connectivity index (χ4n) is 6.65. The van der Waals surface area contributed by atoms with Crippen molar-refractivity contribution in [1.29, 1.82) is 0 Å². The SMILES string of the molecule is CCCN(CCOC(=O)c1cc(C(=O)OCC(O)CCl)c(C(=O)OCCN(CCC)S(=O)(=O)C(F)(F)C(F)(F)C(F)(F)C(F)(F)C(F)(F)C(F)(F)C(F)(F)C(F)(F)F)cc1C(=O)OCC(O)CCl)S(=O)(=O)C(F)(F)C(F)(F)C(F)(F)C(F)(F)C(F)(F)C(F)(F)C(F)(F)C(F)(F)F. The molecule has 0 amide bonds. The van der Waals surface area contributed by atoms with Crippen LogP contribution in [0.25, 0.3) is 0 Å². The molecule has 54 heteroatoms. The van der Waals surface area contributed by atoms with Crippen LogP contribution < -0.4 is 0 Å². The van der Waals surface area contributed by atoms with Crippen molar-refractivity contribution in [2.24, 2.45) is 0 Å². The molecule has 0 saturated carbocycles. The summed E-state index contributed by atoms with van der Waals surface area (Å²) in [6, 6.07) is -0.471. The molecule has 2 atom stereocenters. The summed E-state index contributed by atoms with van der Waals surface area (Å²) in [7, 11) is -16.3. The zero-order valence-corrected chi connectivity index (χ0v) is 49.1. The van der Waals surface area contributed by atoms with Gasteiger partial charge in [0.15, 0.2) is 0 Å². The molecule has 1 rings (SSSR count). The van der Waals surface area contributed by atoms with E-state index in [0.717, 1.165) is 0 Å². The van der Waals surface area contributed by atoms with Crippen LogP contribution in [0.2, 0.25) is 0 Å². The maximum atomic E-state index is 15.2. The summed E-state index contributed by atoms with van der Waals surface area (Å²) >= 11 is 10.7. The number of hydrogen-bond donors (Lipinski definition) is 2. The molecule has 0 spiro atoms. The molecule has 1 aromatic rings. The van der Waals surface area contributed by atoms with E-state index in [-0.39, 0.29) is 12.1 Å². The van der Waals surface area contributed by atoms with E-state index < -0.39 is 258 Å². The number of carbonyl (C=O) groups is 4. The minimum atomic E-state index is -9.29. The lowest BCUT2D eigenvalue weighted by Crippen LogP contribution is -2.75. The quantitative estimate of drug-likeness (QED) is 0.0276. The average Bonchev–Trinajstić information content (AvgIpc) is 0.671. The number of esters is 4. The number of ether oxygens (including phenoxy) is 4. The second kappa shape index (κ2) is 28.9. The molecule has 0 aromatic heterocycles. The topological polar surface area (TPSA) is 220 Å². The average molecular weight is 1570 g/mol. The van der Waals surface area contributed by atoms with Crippen molar-refractivity contribution in [2.75, 3.05) is 64.4 Å². The van der Waals surface area contributed by atoms with Crippen LogP contribution in [0.5, 0.6) is 0 Å². The van der Waals surface area contributed by atoms with Gasteiger partial charge in [0.1, 0.15) is 38.6 Å². The van der Waals surface area contributed by atoms with E-state index in [4.69, 9.17) is 23.2 Å². The first-order valence-corrected chi connectivity index (χ1v) is 28.1. The summed E-state index contributed by atoms with van der Waals surface area (Å²) in [5.41, 5.74) is -6.98. The van der Waals surface area contributed by atoms with Gasteiger partial charge in [-0.05, 0) is 25.0 Å². The Morgan fingerprint density at radius 1 is 0.365 bits per heavy atom. The monoisotopic (exact) mass is 1570 g/mol. The van der Waals surface area contributed by atoms with Gasteiger partial charge < -0.3 is 29.2 Å². The van der Waals surface area contributed by atoms with Crippen LogP contribution in [-0.4, -0.2) is 230 Å². The maximum absolute atomic E-state index is 15.2. The van der Waals surface area contributed by atoms with E-state index >= 15 is 17.6 Å². The Kier molecular flexibility index (Phi) is 26.9. The van der Waals surface area contributed by atoms with E-state index in [1.807, 2.05) is 0 Å². The summed E-state index contributed by atoms with van der Waals surface area (Å²) in [6.45, 7) is -14.4. The standard InChI is InChI=1S/C42H36Cl2F34N2O14S2/c1-3-5-79(95(87,88)41(75,76)37(65,66)33(57,58)29(49,50)27(45,46)31(53,54)35(61,62)39(69,70)71)7-9-91-23(83)19-11-22(26(86)94-16-18(82)14-44)20(12-21(19)25(85)93-15-17(81)13-43)24(84)92-10-8-80(6-4-2)96(89,90)42(77,78)38(67,68)34(59,60)30(51,52)28(47,48)32(55,56)36(63,64)40(72,73)74/h11-12,17-18,81-82H,3-10,13-16H2,1-2H3. The number of aliphatic hydroxyl groups excluding tert-OH is 2. The number of hydrogen-bond acceptors (Lipinski definition) is 14. The van der Waals surface area contributed by atoms with E-state index in [1.165, 1.54) is 0 Å². The Hall–Kier alpha value is -4.96. The number of aliphatic hydroxyl groups is 2. The van der Waals surface area contributed by atoms with Gasteiger partial charge in [-0.25, -0.2) is 36.0 Å². The molecule has 562 valence electrons. The molecule has 96 heavy (non-hydrogen) atoms. The molecule has 1 aromatic carbocycles. The van der Waals surface area contributed by atoms with Crippen molar-refractivity contribution in [3.8, 4) is 0 Å². The molecule has 2 N–H and O–H groups in total. The highest BCUT2D eigenvalue weighted by Crippen LogP contribution is 2.67. The highest BCUT2D eigenvalue weighted by atomic mass is 35.5. The first-order valence-electron chi connectivity index (χ1n) is 24.2. The van der Waals surface area contributed by atoms with Gasteiger partial charge in [-0.1, -0.05) is 13.8 Å². The summed E-state index contributed by atoms with van der Waals surface area (Å²) < 4.78 is 543. The highest BCUT2D eigenvalue weighted by Gasteiger charge is 2.98. The highest BCUT2D eigenvalue weighted by molar-refractivity contribution is 7.90. The maximum Gasteiger partial charge on any atom is 0.460 e. The Morgan fingerprint density at radius 3 is 0.760 bits per heavy atom. The van der Waals surface area contributed by atoms with E-state index in [0.29, 0.717) is 13.8 Å². The fourth-order valence-corrected chi connectivity index (χ4v) is 9.86. The number of benzene rings is 1. The first kappa shape index (κ1) is 89.1. The van der Waals surface area contributed by atoms with E-state index in [1.54, 1.807) is 0 Å². The molecule has 2 unspecified atom stereocenters. The van der Waals surface area contributed by atoms with Crippen molar-refractivity contribution in [3.63, 3.8) is 0 Å². The van der Waals surface area contributed by atoms with Crippen LogP contribution in [-0.2, 0) is 39.0 Å². The van der Waals surface area contributed by atoms with E-state index in [2.05, 4.69) is 18.9 Å². The van der Waals surface area contributed by atoms with Gasteiger partial charge in [0.25, 0.3) is 20.0 Å². The molecule has 0 radical (unpaired) electrons. The summed E-state index contributed by atoms with van der Waals surface area (Å²) in [5.74, 6) is -120. The van der Waals surface area contributed by atoms with Gasteiger partial charge in [-0.2, -0.15) is 158 Å². The van der Waals surface area contributed by atoms with Crippen molar-refractivity contribution >= 4 is 67.1 Å². The largest absolute Gasteiger partial charge is 0.461 e.